The molecule has 0 saturated carbocycles. The van der Waals surface area contributed by atoms with E-state index in [1.54, 1.807) is 30.3 Å². The summed E-state index contributed by atoms with van der Waals surface area (Å²) in [7, 11) is 0. The van der Waals surface area contributed by atoms with Crippen LogP contribution in [-0.2, 0) is 4.79 Å². The van der Waals surface area contributed by atoms with Crippen molar-refractivity contribution in [1.82, 2.24) is 4.98 Å². The Morgan fingerprint density at radius 1 is 1.33 bits per heavy atom. The lowest BCUT2D eigenvalue weighted by atomic mass is 10.3. The zero-order valence-electron chi connectivity index (χ0n) is 12.1. The maximum Gasteiger partial charge on any atom is 0.270 e. The average Bonchev–Trinajstić information content (AvgIpc) is 2.94. The number of hydrogen-bond donors (Lipinski definition) is 1. The Labute approximate surface area is 145 Å². The van der Waals surface area contributed by atoms with E-state index in [0.717, 1.165) is 11.3 Å². The lowest BCUT2D eigenvalue weighted by molar-refractivity contribution is -0.384. The number of nitrogens with zero attached hydrogens (tertiary/aromatic N) is 2. The Hall–Kier alpha value is -2.71. The van der Waals surface area contributed by atoms with Crippen molar-refractivity contribution in [2.24, 2.45) is 0 Å². The van der Waals surface area contributed by atoms with E-state index >= 15 is 0 Å². The second-order valence-corrected chi connectivity index (χ2v) is 6.19. The van der Waals surface area contributed by atoms with Gasteiger partial charge in [0, 0.05) is 17.2 Å². The van der Waals surface area contributed by atoms with E-state index in [1.165, 1.54) is 12.1 Å². The van der Waals surface area contributed by atoms with E-state index in [4.69, 9.17) is 16.3 Å². The van der Waals surface area contributed by atoms with Crippen LogP contribution in [0.3, 0.4) is 0 Å². The van der Waals surface area contributed by atoms with Crippen LogP contribution in [0.1, 0.15) is 0 Å². The minimum atomic E-state index is -0.476. The first-order valence-corrected chi connectivity index (χ1v) is 7.94. The molecule has 0 fully saturated rings. The van der Waals surface area contributed by atoms with Gasteiger partial charge in [-0.15, -0.1) is 0 Å². The number of fused-ring (bicyclic) bond motifs is 1. The lowest BCUT2D eigenvalue weighted by Gasteiger charge is -2.05. The quantitative estimate of drug-likeness (QED) is 0.548. The van der Waals surface area contributed by atoms with Crippen LogP contribution in [0.5, 0.6) is 5.75 Å². The molecule has 0 bridgehead atoms. The molecule has 3 aromatic rings. The first-order chi connectivity index (χ1) is 11.5. The van der Waals surface area contributed by atoms with Crippen molar-refractivity contribution < 1.29 is 14.5 Å². The fourth-order valence-corrected chi connectivity index (χ4v) is 3.04. The summed E-state index contributed by atoms with van der Waals surface area (Å²) in [5, 5.41) is 14.2. The molecule has 9 heteroatoms. The van der Waals surface area contributed by atoms with Crippen molar-refractivity contribution in [3.05, 3.63) is 57.6 Å². The summed E-state index contributed by atoms with van der Waals surface area (Å²) in [5.74, 6) is 0.0982. The summed E-state index contributed by atoms with van der Waals surface area (Å²) in [6, 6.07) is 11.1. The molecule has 0 saturated heterocycles. The van der Waals surface area contributed by atoms with Gasteiger partial charge in [-0.2, -0.15) is 0 Å². The average molecular weight is 364 g/mol. The van der Waals surface area contributed by atoms with Crippen LogP contribution in [0.15, 0.2) is 42.5 Å². The Morgan fingerprint density at radius 3 is 2.92 bits per heavy atom. The van der Waals surface area contributed by atoms with Crippen molar-refractivity contribution in [1.29, 1.82) is 0 Å². The SMILES string of the molecule is O=C(COc1cccc(Cl)c1)Nc1nc2ccc([N+](=O)[O-])cc2s1. The van der Waals surface area contributed by atoms with Crippen molar-refractivity contribution >= 4 is 49.9 Å². The second kappa shape index (κ2) is 6.81. The predicted octanol–water partition coefficient (Wildman–Crippen LogP) is 3.88. The molecular weight excluding hydrogens is 354 g/mol. The number of halogens is 1. The van der Waals surface area contributed by atoms with E-state index < -0.39 is 4.92 Å². The number of anilines is 1. The van der Waals surface area contributed by atoms with Crippen molar-refractivity contribution in [3.8, 4) is 5.75 Å². The van der Waals surface area contributed by atoms with Crippen LogP contribution in [0.4, 0.5) is 10.8 Å². The van der Waals surface area contributed by atoms with Gasteiger partial charge in [0.05, 0.1) is 15.1 Å². The number of aromatic nitrogens is 1. The summed E-state index contributed by atoms with van der Waals surface area (Å²) in [6.45, 7) is -0.198. The number of rotatable bonds is 5. The van der Waals surface area contributed by atoms with Gasteiger partial charge in [-0.05, 0) is 24.3 Å². The van der Waals surface area contributed by atoms with Crippen LogP contribution < -0.4 is 10.1 Å². The number of amides is 1. The number of benzene rings is 2. The third kappa shape index (κ3) is 3.79. The van der Waals surface area contributed by atoms with Crippen molar-refractivity contribution in [2.75, 3.05) is 11.9 Å². The summed E-state index contributed by atoms with van der Waals surface area (Å²) in [6.07, 6.45) is 0. The van der Waals surface area contributed by atoms with E-state index in [1.807, 2.05) is 0 Å². The van der Waals surface area contributed by atoms with Gasteiger partial charge in [0.1, 0.15) is 5.75 Å². The molecule has 3 rings (SSSR count). The van der Waals surface area contributed by atoms with E-state index in [-0.39, 0.29) is 18.2 Å². The monoisotopic (exact) mass is 363 g/mol. The van der Waals surface area contributed by atoms with Gasteiger partial charge in [-0.25, -0.2) is 4.98 Å². The smallest absolute Gasteiger partial charge is 0.270 e. The van der Waals surface area contributed by atoms with Crippen molar-refractivity contribution in [2.45, 2.75) is 0 Å². The van der Waals surface area contributed by atoms with Gasteiger partial charge in [-0.1, -0.05) is 29.0 Å². The molecule has 7 nitrogen and oxygen atoms in total. The van der Waals surface area contributed by atoms with E-state index in [2.05, 4.69) is 10.3 Å². The van der Waals surface area contributed by atoms with Gasteiger partial charge >= 0.3 is 0 Å². The highest BCUT2D eigenvalue weighted by atomic mass is 35.5. The standard InChI is InChI=1S/C15H10ClN3O4S/c16-9-2-1-3-11(6-9)23-8-14(20)18-15-17-12-5-4-10(19(21)22)7-13(12)24-15/h1-7H,8H2,(H,17,18,20). The maximum absolute atomic E-state index is 11.9. The molecule has 1 heterocycles. The normalized spacial score (nSPS) is 10.5. The number of carbonyl (C=O) groups is 1. The van der Waals surface area contributed by atoms with Gasteiger partial charge < -0.3 is 4.74 Å². The number of ether oxygens (including phenoxy) is 1. The zero-order chi connectivity index (χ0) is 17.1. The third-order valence-corrected chi connectivity index (χ3v) is 4.16. The molecule has 1 N–H and O–H groups in total. The number of thiazole rings is 1. The fourth-order valence-electron chi connectivity index (χ4n) is 1.94. The highest BCUT2D eigenvalue weighted by molar-refractivity contribution is 7.22. The van der Waals surface area contributed by atoms with E-state index in [0.29, 0.717) is 26.1 Å². The number of nitro groups is 1. The minimum absolute atomic E-state index is 0.0201. The lowest BCUT2D eigenvalue weighted by Crippen LogP contribution is -2.19. The molecule has 1 amide bonds. The summed E-state index contributed by atoms with van der Waals surface area (Å²) in [5.41, 5.74) is 0.560. The third-order valence-electron chi connectivity index (χ3n) is 3.00. The second-order valence-electron chi connectivity index (χ2n) is 4.72. The van der Waals surface area contributed by atoms with E-state index in [9.17, 15) is 14.9 Å². The van der Waals surface area contributed by atoms with Crippen LogP contribution in [0.2, 0.25) is 5.02 Å². The molecule has 122 valence electrons. The minimum Gasteiger partial charge on any atom is -0.484 e. The molecule has 1 aromatic heterocycles. The maximum atomic E-state index is 11.9. The van der Waals surface area contributed by atoms with Gasteiger partial charge in [0.25, 0.3) is 11.6 Å². The van der Waals surface area contributed by atoms with Gasteiger partial charge in [-0.3, -0.25) is 20.2 Å². The van der Waals surface area contributed by atoms with Gasteiger partial charge in [0.2, 0.25) is 0 Å². The fraction of sp³-hybridized carbons (Fsp3) is 0.0667. The Morgan fingerprint density at radius 2 is 2.17 bits per heavy atom. The molecular formula is C15H10ClN3O4S. The topological polar surface area (TPSA) is 94.4 Å². The molecule has 0 aliphatic heterocycles. The first kappa shape index (κ1) is 16.2. The molecule has 0 unspecified atom stereocenters. The highest BCUT2D eigenvalue weighted by Gasteiger charge is 2.12. The molecule has 0 atom stereocenters. The number of carbonyl (C=O) groups excluding carboxylic acids is 1. The van der Waals surface area contributed by atoms with Crippen LogP contribution >= 0.6 is 22.9 Å². The molecule has 24 heavy (non-hydrogen) atoms. The largest absolute Gasteiger partial charge is 0.484 e. The van der Waals surface area contributed by atoms with Crippen LogP contribution in [-0.4, -0.2) is 22.4 Å². The summed E-state index contributed by atoms with van der Waals surface area (Å²) >= 11 is 6.99. The molecule has 0 aliphatic carbocycles. The molecule has 0 aliphatic rings. The number of hydrogen-bond acceptors (Lipinski definition) is 6. The van der Waals surface area contributed by atoms with Crippen LogP contribution in [0, 0.1) is 10.1 Å². The van der Waals surface area contributed by atoms with Crippen LogP contribution in [0.25, 0.3) is 10.2 Å². The summed E-state index contributed by atoms with van der Waals surface area (Å²) in [4.78, 5) is 26.4. The number of nitrogens with one attached hydrogen (secondary N) is 1. The summed E-state index contributed by atoms with van der Waals surface area (Å²) < 4.78 is 5.96. The Balaban J connectivity index is 1.65. The zero-order valence-corrected chi connectivity index (χ0v) is 13.6. The molecule has 0 spiro atoms. The first-order valence-electron chi connectivity index (χ1n) is 6.74. The Bertz CT molecular complexity index is 928. The molecule has 2 aromatic carbocycles. The number of non-ortho nitro benzene ring substituents is 1. The highest BCUT2D eigenvalue weighted by Crippen LogP contribution is 2.29. The predicted molar refractivity (Wildman–Crippen MR) is 91.9 cm³/mol. The van der Waals surface area contributed by atoms with Gasteiger partial charge in [0.15, 0.2) is 11.7 Å². The number of nitro benzene ring substituents is 1. The van der Waals surface area contributed by atoms with Crippen molar-refractivity contribution in [3.63, 3.8) is 0 Å². The Kier molecular flexibility index (Phi) is 4.59. The molecule has 0 radical (unpaired) electrons.